The number of sulfonamides is 1. The van der Waals surface area contributed by atoms with Gasteiger partial charge >= 0.3 is 0 Å². The number of ketones is 2. The van der Waals surface area contributed by atoms with Crippen LogP contribution in [-0.4, -0.2) is 108 Å². The molecule has 1 heterocycles. The third-order valence-electron chi connectivity index (χ3n) is 9.37. The van der Waals surface area contributed by atoms with E-state index in [1.165, 1.54) is 64.5 Å². The molecule has 0 radical (unpaired) electrons. The number of hydrazone groups is 1. The maximum Gasteiger partial charge on any atom is 0.276 e. The number of rotatable bonds is 7. The molecule has 16 heteroatoms. The van der Waals surface area contributed by atoms with E-state index in [0.29, 0.717) is 0 Å². The topological polar surface area (TPSA) is 231 Å². The van der Waals surface area contributed by atoms with Gasteiger partial charge in [0.2, 0.25) is 5.78 Å². The number of hydrogen-bond donors (Lipinski definition) is 6. The Morgan fingerprint density at radius 2 is 1.60 bits per heavy atom. The number of aromatic hydroxyl groups is 2. The van der Waals surface area contributed by atoms with Gasteiger partial charge in [-0.1, -0.05) is 29.8 Å². The van der Waals surface area contributed by atoms with Gasteiger partial charge < -0.3 is 44.5 Å². The largest absolute Gasteiger partial charge is 0.507 e. The van der Waals surface area contributed by atoms with Gasteiger partial charge in [-0.25, -0.2) is 0 Å². The van der Waals surface area contributed by atoms with Crippen LogP contribution in [-0.2, 0) is 29.0 Å². The fourth-order valence-corrected chi connectivity index (χ4v) is 7.53. The minimum atomic E-state index is -4.33. The number of hydrogen-bond acceptors (Lipinski definition) is 14. The number of carbonyl (C=O) groups excluding carboxylic acids is 2. The van der Waals surface area contributed by atoms with Gasteiger partial charge in [0.05, 0.1) is 22.1 Å². The number of methoxy groups -OCH3 is 2. The second-order valence-electron chi connectivity index (χ2n) is 12.6. The van der Waals surface area contributed by atoms with E-state index < -0.39 is 92.9 Å². The van der Waals surface area contributed by atoms with Crippen LogP contribution in [0.15, 0.2) is 58.5 Å². The Morgan fingerprint density at radius 1 is 0.920 bits per heavy atom. The fraction of sp³-hybridized carbons (Fsp3) is 0.382. The van der Waals surface area contributed by atoms with E-state index in [0.717, 1.165) is 5.56 Å². The summed E-state index contributed by atoms with van der Waals surface area (Å²) in [5.41, 5.74) is -3.62. The number of phenolic OH excluding ortho intramolecular Hbond substituents is 2. The van der Waals surface area contributed by atoms with Gasteiger partial charge in [-0.3, -0.25) is 9.59 Å². The highest BCUT2D eigenvalue weighted by Crippen LogP contribution is 2.49. The smallest absolute Gasteiger partial charge is 0.276 e. The number of aliphatic hydroxyl groups excluding tert-OH is 2. The Kier molecular flexibility index (Phi) is 9.11. The summed E-state index contributed by atoms with van der Waals surface area (Å²) in [6.45, 7) is 4.49. The highest BCUT2D eigenvalue weighted by molar-refractivity contribution is 7.89. The number of nitrogens with one attached hydrogen (secondary N) is 1. The molecule has 2 aliphatic carbocycles. The molecule has 3 aliphatic rings. The predicted molar refractivity (Wildman–Crippen MR) is 174 cm³/mol. The number of fused-ring (bicyclic) bond motifs is 3. The molecule has 1 aliphatic heterocycles. The first-order chi connectivity index (χ1) is 23.5. The van der Waals surface area contributed by atoms with Gasteiger partial charge in [-0.2, -0.15) is 18.4 Å². The SMILES string of the molecule is COC1C(O[C@@H]2c3c(cc4c(c3O)C(=O)c3c(O)cccc3C4=O)/C(=N/NS(=O)(=O)c3ccc(C)cc3)[C@@](C)(O)[C@H]2OC)OC(C)C(O)C1O. The molecule has 0 amide bonds. The van der Waals surface area contributed by atoms with Gasteiger partial charge in [-0.15, -0.1) is 0 Å². The summed E-state index contributed by atoms with van der Waals surface area (Å²) in [4.78, 5) is 29.7. The van der Waals surface area contributed by atoms with E-state index in [1.54, 1.807) is 19.1 Å². The Labute approximate surface area is 286 Å². The van der Waals surface area contributed by atoms with Crippen LogP contribution < -0.4 is 4.83 Å². The molecule has 1 fully saturated rings. The molecule has 0 spiro atoms. The molecular weight excluding hydrogens is 676 g/mol. The van der Waals surface area contributed by atoms with Crippen molar-refractivity contribution in [2.75, 3.05) is 14.2 Å². The summed E-state index contributed by atoms with van der Waals surface area (Å²) in [7, 11) is -1.89. The van der Waals surface area contributed by atoms with E-state index in [9.17, 15) is 43.5 Å². The molecule has 15 nitrogen and oxygen atoms in total. The van der Waals surface area contributed by atoms with E-state index >= 15 is 0 Å². The van der Waals surface area contributed by atoms with Gasteiger partial charge in [0.25, 0.3) is 10.0 Å². The Hall–Kier alpha value is -4.26. The summed E-state index contributed by atoms with van der Waals surface area (Å²) in [5.74, 6) is -2.95. The Bertz CT molecular complexity index is 2010. The van der Waals surface area contributed by atoms with E-state index in [-0.39, 0.29) is 32.7 Å². The molecule has 0 aromatic heterocycles. The molecule has 5 unspecified atom stereocenters. The standard InChI is InChI=1S/C34H36N2O13S/c1-14-9-11-16(12-10-14)50(44,45)36-35-31-19-13-18-22(26(40)21-17(25(18)39)7-6-8-20(21)37)27(41)23(19)29(32(47-5)34(31,3)43)49-33-30(46-4)28(42)24(38)15(2)48-33/h6-13,15,24,28-30,32-33,36-38,41-43H,1-5H3/b35-31-/t15?,24?,28?,29-,30?,32+,33?,34-/m1/s1. The van der Waals surface area contributed by atoms with Crippen LogP contribution in [0.2, 0.25) is 0 Å². The van der Waals surface area contributed by atoms with Crippen molar-refractivity contribution in [3.63, 3.8) is 0 Å². The van der Waals surface area contributed by atoms with E-state index in [2.05, 4.69) is 9.93 Å². The molecule has 3 aromatic rings. The average molecular weight is 713 g/mol. The number of ether oxygens (including phenoxy) is 4. The first kappa shape index (κ1) is 35.6. The van der Waals surface area contributed by atoms with Gasteiger partial charge in [0, 0.05) is 36.5 Å². The van der Waals surface area contributed by atoms with Gasteiger partial charge in [0.1, 0.15) is 53.3 Å². The Morgan fingerprint density at radius 3 is 2.24 bits per heavy atom. The molecule has 0 bridgehead atoms. The number of aryl methyl sites for hydroxylation is 1. The molecule has 266 valence electrons. The van der Waals surface area contributed by atoms with Gasteiger partial charge in [-0.05, 0) is 45.0 Å². The summed E-state index contributed by atoms with van der Waals surface area (Å²) >= 11 is 0. The van der Waals surface area contributed by atoms with Crippen LogP contribution >= 0.6 is 0 Å². The third-order valence-corrected chi connectivity index (χ3v) is 10.6. The molecule has 50 heavy (non-hydrogen) atoms. The zero-order chi connectivity index (χ0) is 36.4. The normalized spacial score (nSPS) is 30.1. The van der Waals surface area contributed by atoms with Crippen molar-refractivity contribution in [1.82, 2.24) is 4.83 Å². The summed E-state index contributed by atoms with van der Waals surface area (Å²) < 4.78 is 49.8. The van der Waals surface area contributed by atoms with Crippen molar-refractivity contribution in [3.8, 4) is 11.5 Å². The molecule has 1 saturated heterocycles. The number of benzene rings is 3. The molecule has 3 aromatic carbocycles. The van der Waals surface area contributed by atoms with Crippen LogP contribution in [0, 0.1) is 6.92 Å². The Balaban J connectivity index is 1.58. The number of nitrogens with zero attached hydrogens (tertiary/aromatic N) is 1. The minimum Gasteiger partial charge on any atom is -0.507 e. The van der Waals surface area contributed by atoms with Crippen LogP contribution in [0.1, 0.15) is 68.5 Å². The molecular formula is C34H36N2O13S. The maximum atomic E-state index is 13.9. The zero-order valence-corrected chi connectivity index (χ0v) is 28.3. The lowest BCUT2D eigenvalue weighted by atomic mass is 9.71. The number of aliphatic hydroxyl groups is 3. The van der Waals surface area contributed by atoms with Crippen LogP contribution in [0.25, 0.3) is 0 Å². The van der Waals surface area contributed by atoms with Crippen LogP contribution in [0.5, 0.6) is 11.5 Å². The second-order valence-corrected chi connectivity index (χ2v) is 14.2. The minimum absolute atomic E-state index is 0.145. The quantitative estimate of drug-likeness (QED) is 0.148. The molecule has 6 N–H and O–H groups in total. The van der Waals surface area contributed by atoms with Gasteiger partial charge in [0.15, 0.2) is 12.1 Å². The van der Waals surface area contributed by atoms with E-state index in [1.807, 2.05) is 0 Å². The second kappa shape index (κ2) is 12.8. The van der Waals surface area contributed by atoms with Crippen molar-refractivity contribution in [2.45, 2.75) is 74.2 Å². The van der Waals surface area contributed by atoms with Crippen molar-refractivity contribution in [3.05, 3.63) is 87.5 Å². The van der Waals surface area contributed by atoms with Crippen molar-refractivity contribution < 1.29 is 62.5 Å². The lowest BCUT2D eigenvalue weighted by Crippen LogP contribution is -2.60. The highest BCUT2D eigenvalue weighted by atomic mass is 32.2. The van der Waals surface area contributed by atoms with Crippen molar-refractivity contribution >= 4 is 27.3 Å². The molecule has 6 rings (SSSR count). The predicted octanol–water partition coefficient (Wildman–Crippen LogP) is 1.18. The lowest BCUT2D eigenvalue weighted by Gasteiger charge is -2.47. The lowest BCUT2D eigenvalue weighted by molar-refractivity contribution is -0.321. The summed E-state index contributed by atoms with van der Waals surface area (Å²) in [5, 5.41) is 59.9. The zero-order valence-electron chi connectivity index (χ0n) is 27.5. The monoisotopic (exact) mass is 712 g/mol. The number of phenols is 2. The first-order valence-electron chi connectivity index (χ1n) is 15.5. The molecule has 8 atom stereocenters. The maximum absolute atomic E-state index is 13.9. The molecule has 0 saturated carbocycles. The van der Waals surface area contributed by atoms with Crippen molar-refractivity contribution in [1.29, 1.82) is 0 Å². The van der Waals surface area contributed by atoms with Crippen molar-refractivity contribution in [2.24, 2.45) is 5.10 Å². The average Bonchev–Trinajstić information content (AvgIpc) is 3.05. The van der Waals surface area contributed by atoms with Crippen LogP contribution in [0.4, 0.5) is 0 Å². The third kappa shape index (κ3) is 5.57. The van der Waals surface area contributed by atoms with Crippen LogP contribution in [0.3, 0.4) is 0 Å². The fourth-order valence-electron chi connectivity index (χ4n) is 6.72. The first-order valence-corrected chi connectivity index (χ1v) is 17.0. The summed E-state index contributed by atoms with van der Waals surface area (Å²) in [6, 6.07) is 11.0. The number of carbonyl (C=O) groups is 2. The van der Waals surface area contributed by atoms with E-state index in [4.69, 9.17) is 18.9 Å². The highest BCUT2D eigenvalue weighted by Gasteiger charge is 2.55. The summed E-state index contributed by atoms with van der Waals surface area (Å²) in [6.07, 6.45) is -9.70.